The third kappa shape index (κ3) is 3.84. The first-order chi connectivity index (χ1) is 14.4. The zero-order valence-electron chi connectivity index (χ0n) is 18.0. The molecule has 0 saturated carbocycles. The van der Waals surface area contributed by atoms with Crippen LogP contribution in [0.4, 0.5) is 0 Å². The molecule has 0 radical (unpaired) electrons. The maximum Gasteiger partial charge on any atom is 0.259 e. The molecule has 1 aromatic rings. The van der Waals surface area contributed by atoms with E-state index in [4.69, 9.17) is 29.4 Å². The summed E-state index contributed by atoms with van der Waals surface area (Å²) in [5, 5.41) is 0. The van der Waals surface area contributed by atoms with E-state index in [1.54, 1.807) is 18.2 Å². The van der Waals surface area contributed by atoms with Crippen LogP contribution in [0.2, 0.25) is 0 Å². The lowest BCUT2D eigenvalue weighted by Gasteiger charge is -2.31. The Labute approximate surface area is 181 Å². The highest BCUT2D eigenvalue weighted by Crippen LogP contribution is 2.44. The molecule has 10 heteroatoms. The van der Waals surface area contributed by atoms with Crippen molar-refractivity contribution in [2.75, 3.05) is 0 Å². The van der Waals surface area contributed by atoms with E-state index in [1.807, 2.05) is 13.8 Å². The van der Waals surface area contributed by atoms with Gasteiger partial charge in [-0.2, -0.15) is 0 Å². The molecule has 3 fully saturated rings. The van der Waals surface area contributed by atoms with Crippen LogP contribution in [0.15, 0.2) is 22.6 Å². The van der Waals surface area contributed by atoms with Gasteiger partial charge in [-0.3, -0.25) is 0 Å². The minimum atomic E-state index is -3.64. The first-order valence-corrected chi connectivity index (χ1v) is 12.1. The van der Waals surface area contributed by atoms with Gasteiger partial charge in [-0.15, -0.1) is 4.40 Å². The van der Waals surface area contributed by atoms with Gasteiger partial charge in [0.25, 0.3) is 10.0 Å². The molecule has 2 N–H and O–H groups in total. The van der Waals surface area contributed by atoms with Crippen molar-refractivity contribution in [3.05, 3.63) is 29.3 Å². The van der Waals surface area contributed by atoms with Crippen molar-refractivity contribution in [2.24, 2.45) is 10.1 Å². The van der Waals surface area contributed by atoms with Crippen LogP contribution in [0.5, 0.6) is 5.75 Å². The fourth-order valence-corrected chi connectivity index (χ4v) is 5.93. The highest BCUT2D eigenvalue weighted by molar-refractivity contribution is 7.89. The maximum atomic E-state index is 12.0. The van der Waals surface area contributed by atoms with Gasteiger partial charge >= 0.3 is 0 Å². The Morgan fingerprint density at radius 3 is 2.61 bits per heavy atom. The minimum Gasteiger partial charge on any atom is -0.484 e. The van der Waals surface area contributed by atoms with Crippen molar-refractivity contribution in [1.82, 2.24) is 0 Å². The van der Waals surface area contributed by atoms with E-state index < -0.39 is 40.4 Å². The number of hydrogen-bond donors (Lipinski definition) is 1. The highest BCUT2D eigenvalue weighted by Gasteiger charge is 2.59. The van der Waals surface area contributed by atoms with E-state index >= 15 is 0 Å². The summed E-state index contributed by atoms with van der Waals surface area (Å²) in [6, 6.07) is 5.22. The first kappa shape index (κ1) is 21.1. The molecule has 0 amide bonds. The van der Waals surface area contributed by atoms with Gasteiger partial charge in [0, 0.05) is 0 Å². The number of amidine groups is 1. The molecule has 5 atom stereocenters. The van der Waals surface area contributed by atoms with Crippen molar-refractivity contribution in [1.29, 1.82) is 0 Å². The largest absolute Gasteiger partial charge is 0.484 e. The number of hydrogen-bond acceptors (Lipinski definition) is 8. The Morgan fingerprint density at radius 1 is 1.13 bits per heavy atom. The molecule has 2 unspecified atom stereocenters. The van der Waals surface area contributed by atoms with Crippen molar-refractivity contribution < 1.29 is 32.1 Å². The van der Waals surface area contributed by atoms with Crippen LogP contribution >= 0.6 is 0 Å². The highest BCUT2D eigenvalue weighted by atomic mass is 32.2. The maximum absolute atomic E-state index is 12.0. The monoisotopic (exact) mass is 452 g/mol. The number of fused-ring (bicyclic) bond motifs is 2. The molecule has 4 heterocycles. The van der Waals surface area contributed by atoms with Gasteiger partial charge in [0.05, 0.1) is 23.0 Å². The Kier molecular flexibility index (Phi) is 4.70. The molecule has 4 aliphatic rings. The van der Waals surface area contributed by atoms with Crippen LogP contribution in [0.3, 0.4) is 0 Å². The molecule has 170 valence electrons. The van der Waals surface area contributed by atoms with Gasteiger partial charge in [-0.1, -0.05) is 12.1 Å². The van der Waals surface area contributed by atoms with E-state index in [-0.39, 0.29) is 23.3 Å². The van der Waals surface area contributed by atoms with Crippen molar-refractivity contribution in [3.63, 3.8) is 0 Å². The summed E-state index contributed by atoms with van der Waals surface area (Å²) in [7, 11) is -3.64. The van der Waals surface area contributed by atoms with Gasteiger partial charge in [0.1, 0.15) is 17.7 Å². The molecule has 0 aromatic heterocycles. The molecule has 0 aliphatic carbocycles. The third-order valence-electron chi connectivity index (χ3n) is 6.10. The van der Waals surface area contributed by atoms with Gasteiger partial charge < -0.3 is 29.4 Å². The quantitative estimate of drug-likeness (QED) is 0.738. The number of nitrogens with two attached hydrogens (primary N) is 1. The fourth-order valence-electron chi connectivity index (χ4n) is 4.84. The summed E-state index contributed by atoms with van der Waals surface area (Å²) < 4.78 is 58.7. The molecule has 4 aliphatic heterocycles. The summed E-state index contributed by atoms with van der Waals surface area (Å²) in [4.78, 5) is 0. The van der Waals surface area contributed by atoms with Crippen LogP contribution in [0.25, 0.3) is 0 Å². The molecule has 0 bridgehead atoms. The minimum absolute atomic E-state index is 0.0777. The van der Waals surface area contributed by atoms with Crippen LogP contribution in [0.1, 0.15) is 51.7 Å². The lowest BCUT2D eigenvalue weighted by Crippen LogP contribution is -2.45. The second kappa shape index (κ2) is 6.89. The van der Waals surface area contributed by atoms with Gasteiger partial charge in [0.2, 0.25) is 0 Å². The van der Waals surface area contributed by atoms with Crippen LogP contribution in [0, 0.1) is 0 Å². The average Bonchev–Trinajstić information content (AvgIpc) is 3.23. The van der Waals surface area contributed by atoms with Crippen molar-refractivity contribution in [2.45, 2.75) is 88.4 Å². The smallest absolute Gasteiger partial charge is 0.259 e. The molecule has 1 aromatic carbocycles. The molecular formula is C21H28N2O7S. The number of nitrogens with zero attached hydrogens (tertiary/aromatic N) is 1. The first-order valence-electron chi connectivity index (χ1n) is 10.5. The number of sulfonamides is 1. The topological polar surface area (TPSA) is 119 Å². The van der Waals surface area contributed by atoms with Gasteiger partial charge in [0.15, 0.2) is 24.3 Å². The zero-order valence-corrected chi connectivity index (χ0v) is 18.8. The second-order valence-corrected chi connectivity index (χ2v) is 11.2. The lowest BCUT2D eigenvalue weighted by atomic mass is 10.0. The van der Waals surface area contributed by atoms with Crippen LogP contribution in [-0.2, 0) is 34.7 Å². The van der Waals surface area contributed by atoms with E-state index in [2.05, 4.69) is 18.2 Å². The summed E-state index contributed by atoms with van der Waals surface area (Å²) in [6.07, 6.45) is -0.415. The second-order valence-electron chi connectivity index (χ2n) is 9.60. The molecule has 5 rings (SSSR count). The standard InChI is InChI=1S/C21H28N2O7S/c1-20(2)9-8-13(28-20)15-16(17-19(27-15)30-21(3,4)29-17)26-12-7-5-6-11-10-31(24,25)23-18(22)14(11)12/h5-7,13,15-17,19H,8-10H2,1-4H3,(H2,22,23)/t13-,15?,16+,17-,19?/m1/s1. The fraction of sp³-hybridized carbons (Fsp3) is 0.667. The zero-order chi connectivity index (χ0) is 22.2. The normalized spacial score (nSPS) is 37.2. The van der Waals surface area contributed by atoms with E-state index in [1.165, 1.54) is 0 Å². The van der Waals surface area contributed by atoms with Crippen LogP contribution < -0.4 is 10.5 Å². The molecular weight excluding hydrogens is 424 g/mol. The Bertz CT molecular complexity index is 1040. The number of ether oxygens (including phenoxy) is 5. The summed E-state index contributed by atoms with van der Waals surface area (Å²) in [5.74, 6) is -0.657. The van der Waals surface area contributed by atoms with Gasteiger partial charge in [-0.05, 0) is 52.2 Å². The Hall–Kier alpha value is -1.72. The molecule has 0 spiro atoms. The summed E-state index contributed by atoms with van der Waals surface area (Å²) in [6.45, 7) is 7.77. The van der Waals surface area contributed by atoms with Crippen LogP contribution in [-0.4, -0.2) is 56.3 Å². The van der Waals surface area contributed by atoms with Crippen molar-refractivity contribution in [3.8, 4) is 5.75 Å². The SMILES string of the molecule is CC1(C)CC[C@H](C2OC3OC(C)(C)O[C@@H]3[C@H]2Oc2cccc3c2C(N)=NS(=O)(=O)C3)O1. The summed E-state index contributed by atoms with van der Waals surface area (Å²) in [5.41, 5.74) is 6.82. The molecule has 31 heavy (non-hydrogen) atoms. The Morgan fingerprint density at radius 2 is 1.90 bits per heavy atom. The predicted octanol–water partition coefficient (Wildman–Crippen LogP) is 1.82. The molecule has 3 saturated heterocycles. The van der Waals surface area contributed by atoms with Gasteiger partial charge in [-0.25, -0.2) is 8.42 Å². The van der Waals surface area contributed by atoms with E-state index in [9.17, 15) is 8.42 Å². The number of benzene rings is 1. The Balaban J connectivity index is 1.49. The van der Waals surface area contributed by atoms with E-state index in [0.29, 0.717) is 16.9 Å². The van der Waals surface area contributed by atoms with E-state index in [0.717, 1.165) is 12.8 Å². The lowest BCUT2D eigenvalue weighted by molar-refractivity contribution is -0.228. The predicted molar refractivity (Wildman–Crippen MR) is 111 cm³/mol. The number of rotatable bonds is 3. The van der Waals surface area contributed by atoms with Crippen molar-refractivity contribution >= 4 is 15.9 Å². The molecule has 9 nitrogen and oxygen atoms in total. The third-order valence-corrected chi connectivity index (χ3v) is 7.25. The summed E-state index contributed by atoms with van der Waals surface area (Å²) >= 11 is 0. The average molecular weight is 453 g/mol.